The van der Waals surface area contributed by atoms with Crippen LogP contribution < -0.4 is 5.32 Å². The minimum atomic E-state index is -1.42. The van der Waals surface area contributed by atoms with Gasteiger partial charge in [0, 0.05) is 18.3 Å². The Morgan fingerprint density at radius 1 is 1.15 bits per heavy atom. The maximum atomic E-state index is 13.4. The summed E-state index contributed by atoms with van der Waals surface area (Å²) in [5, 5.41) is 1.96. The molecule has 0 atom stereocenters. The molecule has 0 saturated heterocycles. The number of rotatable bonds is 2. The van der Waals surface area contributed by atoms with Crippen LogP contribution in [0.15, 0.2) is 24.4 Å². The fourth-order valence-corrected chi connectivity index (χ4v) is 1.77. The molecule has 0 spiro atoms. The molecule has 0 fully saturated rings. The van der Waals surface area contributed by atoms with E-state index in [1.807, 2.05) is 5.32 Å². The first-order valence-electron chi connectivity index (χ1n) is 5.15. The quantitative estimate of drug-likeness (QED) is 0.669. The number of anilines is 1. The van der Waals surface area contributed by atoms with Crippen LogP contribution in [-0.2, 0) is 0 Å². The molecule has 0 unspecified atom stereocenters. The fourth-order valence-electron chi connectivity index (χ4n) is 1.42. The Morgan fingerprint density at radius 2 is 1.85 bits per heavy atom. The largest absolute Gasteiger partial charge is 0.319 e. The van der Waals surface area contributed by atoms with Crippen molar-refractivity contribution in [1.29, 1.82) is 0 Å². The normalized spacial score (nSPS) is 10.4. The Balaban J connectivity index is 2.35. The number of nitrogens with one attached hydrogen (secondary N) is 1. The molecule has 3 nitrogen and oxygen atoms in total. The van der Waals surface area contributed by atoms with Gasteiger partial charge < -0.3 is 5.32 Å². The molecule has 0 aliphatic rings. The minimum Gasteiger partial charge on any atom is -0.319 e. The molecule has 104 valence electrons. The SMILES string of the molecule is O=C(Nc1cc(F)cc(F)c1F)c1cc(Cl)ncc1Cl. The van der Waals surface area contributed by atoms with Gasteiger partial charge in [-0.15, -0.1) is 0 Å². The van der Waals surface area contributed by atoms with Gasteiger partial charge in [0.05, 0.1) is 16.3 Å². The molecule has 0 bridgehead atoms. The molecule has 1 amide bonds. The third-order valence-corrected chi connectivity index (χ3v) is 2.82. The van der Waals surface area contributed by atoms with Crippen LogP contribution in [0.4, 0.5) is 18.9 Å². The van der Waals surface area contributed by atoms with Gasteiger partial charge in [-0.25, -0.2) is 18.2 Å². The predicted octanol–water partition coefficient (Wildman–Crippen LogP) is 4.06. The second kappa shape index (κ2) is 5.68. The molecular formula is C12H5Cl2F3N2O. The van der Waals surface area contributed by atoms with E-state index in [2.05, 4.69) is 4.98 Å². The van der Waals surface area contributed by atoms with Gasteiger partial charge in [0.15, 0.2) is 11.6 Å². The summed E-state index contributed by atoms with van der Waals surface area (Å²) in [6, 6.07) is 2.15. The summed E-state index contributed by atoms with van der Waals surface area (Å²) in [5.74, 6) is -4.70. The highest BCUT2D eigenvalue weighted by atomic mass is 35.5. The second-order valence-corrected chi connectivity index (χ2v) is 4.48. The number of aromatic nitrogens is 1. The molecule has 2 aromatic rings. The number of hydrogen-bond donors (Lipinski definition) is 1. The summed E-state index contributed by atoms with van der Waals surface area (Å²) in [7, 11) is 0. The van der Waals surface area contributed by atoms with Gasteiger partial charge in [0.25, 0.3) is 5.91 Å². The average Bonchev–Trinajstić information content (AvgIpc) is 2.38. The topological polar surface area (TPSA) is 42.0 Å². The second-order valence-electron chi connectivity index (χ2n) is 3.69. The van der Waals surface area contributed by atoms with E-state index < -0.39 is 29.0 Å². The highest BCUT2D eigenvalue weighted by Crippen LogP contribution is 2.23. The first-order chi connectivity index (χ1) is 9.38. The predicted molar refractivity (Wildman–Crippen MR) is 68.5 cm³/mol. The highest BCUT2D eigenvalue weighted by Gasteiger charge is 2.17. The number of halogens is 5. The Bertz CT molecular complexity index is 695. The maximum Gasteiger partial charge on any atom is 0.257 e. The number of amides is 1. The van der Waals surface area contributed by atoms with E-state index in [1.165, 1.54) is 0 Å². The van der Waals surface area contributed by atoms with Gasteiger partial charge in [0.1, 0.15) is 11.0 Å². The molecule has 1 heterocycles. The van der Waals surface area contributed by atoms with E-state index in [9.17, 15) is 18.0 Å². The van der Waals surface area contributed by atoms with Crippen molar-refractivity contribution in [2.75, 3.05) is 5.32 Å². The van der Waals surface area contributed by atoms with Gasteiger partial charge in [-0.1, -0.05) is 23.2 Å². The molecule has 8 heteroatoms. The maximum absolute atomic E-state index is 13.4. The molecule has 0 saturated carbocycles. The van der Waals surface area contributed by atoms with Gasteiger partial charge in [-0.3, -0.25) is 4.79 Å². The van der Waals surface area contributed by atoms with Crippen LogP contribution in [0.25, 0.3) is 0 Å². The van der Waals surface area contributed by atoms with Crippen LogP contribution in [-0.4, -0.2) is 10.9 Å². The summed E-state index contributed by atoms with van der Waals surface area (Å²) in [5.41, 5.74) is -0.743. The van der Waals surface area contributed by atoms with Crippen molar-refractivity contribution in [3.8, 4) is 0 Å². The van der Waals surface area contributed by atoms with E-state index in [0.29, 0.717) is 12.1 Å². The van der Waals surface area contributed by atoms with Gasteiger partial charge in [-0.2, -0.15) is 0 Å². The molecule has 1 aromatic heterocycles. The summed E-state index contributed by atoms with van der Waals surface area (Å²) in [6.45, 7) is 0. The first kappa shape index (κ1) is 14.6. The lowest BCUT2D eigenvalue weighted by atomic mass is 10.2. The standard InChI is InChI=1S/C12H5Cl2F3N2O/c13-7-4-18-10(14)3-6(7)12(20)19-9-2-5(15)1-8(16)11(9)17/h1-4H,(H,19,20). The molecule has 2 rings (SSSR count). The number of benzene rings is 1. The lowest BCUT2D eigenvalue weighted by Crippen LogP contribution is -2.14. The molecule has 0 aliphatic carbocycles. The highest BCUT2D eigenvalue weighted by molar-refractivity contribution is 6.35. The molecule has 1 aromatic carbocycles. The number of carbonyl (C=O) groups is 1. The summed E-state index contributed by atoms with van der Waals surface area (Å²) < 4.78 is 39.4. The number of carbonyl (C=O) groups excluding carboxylic acids is 1. The Kier molecular flexibility index (Phi) is 4.15. The van der Waals surface area contributed by atoms with Crippen LogP contribution in [0.5, 0.6) is 0 Å². The van der Waals surface area contributed by atoms with Crippen LogP contribution in [0.1, 0.15) is 10.4 Å². The third kappa shape index (κ3) is 3.02. The smallest absolute Gasteiger partial charge is 0.257 e. The van der Waals surface area contributed by atoms with E-state index in [-0.39, 0.29) is 15.7 Å². The van der Waals surface area contributed by atoms with Crippen molar-refractivity contribution in [2.24, 2.45) is 0 Å². The van der Waals surface area contributed by atoms with Gasteiger partial charge >= 0.3 is 0 Å². The molecule has 0 radical (unpaired) electrons. The van der Waals surface area contributed by atoms with Crippen molar-refractivity contribution < 1.29 is 18.0 Å². The number of nitrogens with zero attached hydrogens (tertiary/aromatic N) is 1. The lowest BCUT2D eigenvalue weighted by Gasteiger charge is -2.08. The van der Waals surface area contributed by atoms with Crippen LogP contribution in [0.3, 0.4) is 0 Å². The summed E-state index contributed by atoms with van der Waals surface area (Å²) >= 11 is 11.3. The molecular weight excluding hydrogens is 316 g/mol. The van der Waals surface area contributed by atoms with Crippen molar-refractivity contribution >= 4 is 34.8 Å². The molecule has 20 heavy (non-hydrogen) atoms. The zero-order valence-electron chi connectivity index (χ0n) is 9.55. The summed E-state index contributed by atoms with van der Waals surface area (Å²) in [4.78, 5) is 15.5. The van der Waals surface area contributed by atoms with Gasteiger partial charge in [0.2, 0.25) is 0 Å². The summed E-state index contributed by atoms with van der Waals surface area (Å²) in [6.07, 6.45) is 1.13. The third-order valence-electron chi connectivity index (χ3n) is 2.31. The number of pyridine rings is 1. The zero-order chi connectivity index (χ0) is 14.9. The van der Waals surface area contributed by atoms with Crippen LogP contribution in [0.2, 0.25) is 10.2 Å². The zero-order valence-corrected chi connectivity index (χ0v) is 11.1. The first-order valence-corrected chi connectivity index (χ1v) is 5.91. The monoisotopic (exact) mass is 320 g/mol. The van der Waals surface area contributed by atoms with Gasteiger partial charge in [-0.05, 0) is 6.07 Å². The van der Waals surface area contributed by atoms with Crippen molar-refractivity contribution in [2.45, 2.75) is 0 Å². The van der Waals surface area contributed by atoms with Crippen molar-refractivity contribution in [3.63, 3.8) is 0 Å². The fraction of sp³-hybridized carbons (Fsp3) is 0. The Hall–Kier alpha value is -1.79. The average molecular weight is 321 g/mol. The minimum absolute atomic E-state index is 0.00885. The van der Waals surface area contributed by atoms with Crippen LogP contribution in [0, 0.1) is 17.5 Å². The van der Waals surface area contributed by atoms with E-state index >= 15 is 0 Å². The Labute approximate surface area is 121 Å². The molecule has 1 N–H and O–H groups in total. The molecule has 0 aliphatic heterocycles. The van der Waals surface area contributed by atoms with Crippen LogP contribution >= 0.6 is 23.2 Å². The van der Waals surface area contributed by atoms with E-state index in [1.54, 1.807) is 0 Å². The Morgan fingerprint density at radius 3 is 2.55 bits per heavy atom. The van der Waals surface area contributed by atoms with E-state index in [4.69, 9.17) is 23.2 Å². The number of hydrogen-bond acceptors (Lipinski definition) is 2. The van der Waals surface area contributed by atoms with Crippen molar-refractivity contribution in [3.05, 3.63) is 57.6 Å². The van der Waals surface area contributed by atoms with Crippen molar-refractivity contribution in [1.82, 2.24) is 4.98 Å². The lowest BCUT2D eigenvalue weighted by molar-refractivity contribution is 0.102. The van der Waals surface area contributed by atoms with E-state index in [0.717, 1.165) is 12.3 Å².